The van der Waals surface area contributed by atoms with E-state index in [1.54, 1.807) is 18.3 Å². The van der Waals surface area contributed by atoms with Gasteiger partial charge in [0.25, 0.3) is 0 Å². The first-order chi connectivity index (χ1) is 13.7. The largest absolute Gasteiger partial charge is 0.299 e. The molecule has 0 aliphatic rings. The first-order valence-corrected chi connectivity index (χ1v) is 9.25. The van der Waals surface area contributed by atoms with E-state index >= 15 is 0 Å². The lowest BCUT2D eigenvalue weighted by atomic mass is 10.1. The molecule has 4 rings (SSSR count). The number of aryl methyl sites for hydroxylation is 1. The normalized spacial score (nSPS) is 10.7. The van der Waals surface area contributed by atoms with Crippen molar-refractivity contribution in [2.45, 2.75) is 19.9 Å². The molecule has 0 saturated heterocycles. The molecule has 0 amide bonds. The Labute approximate surface area is 166 Å². The Balaban J connectivity index is 1.57. The molecule has 2 heterocycles. The molecule has 0 aliphatic carbocycles. The van der Waals surface area contributed by atoms with Gasteiger partial charge in [-0.1, -0.05) is 43.4 Å². The molecule has 28 heavy (non-hydrogen) atoms. The van der Waals surface area contributed by atoms with E-state index in [1.807, 2.05) is 28.9 Å². The van der Waals surface area contributed by atoms with Crippen molar-refractivity contribution in [2.75, 3.05) is 0 Å². The van der Waals surface area contributed by atoms with Gasteiger partial charge < -0.3 is 0 Å². The first-order valence-electron chi connectivity index (χ1n) is 8.85. The monoisotopic (exact) mass is 387 g/mol. The molecule has 0 atom stereocenters. The third kappa shape index (κ3) is 3.48. The van der Waals surface area contributed by atoms with E-state index < -0.39 is 0 Å². The average Bonchev–Trinajstić information content (AvgIpc) is 3.35. The van der Waals surface area contributed by atoms with Crippen molar-refractivity contribution in [3.05, 3.63) is 76.1 Å². The lowest BCUT2D eigenvalue weighted by Gasteiger charge is -2.03. The van der Waals surface area contributed by atoms with Gasteiger partial charge in [0.05, 0.1) is 29.4 Å². The second-order valence-electron chi connectivity index (χ2n) is 6.30. The Morgan fingerprint density at radius 3 is 2.46 bits per heavy atom. The molecule has 0 fully saturated rings. The van der Waals surface area contributed by atoms with Crippen molar-refractivity contribution in [2.24, 2.45) is 0 Å². The van der Waals surface area contributed by atoms with Crippen LogP contribution in [-0.2, 0) is 13.0 Å². The molecule has 7 nitrogen and oxygen atoms in total. The van der Waals surface area contributed by atoms with E-state index in [-0.39, 0.29) is 0 Å². The molecule has 2 aromatic heterocycles. The highest BCUT2D eigenvalue weighted by Gasteiger charge is 2.12. The number of aromatic nitrogens is 6. The molecule has 138 valence electrons. The second-order valence-corrected chi connectivity index (χ2v) is 6.69. The Kier molecular flexibility index (Phi) is 4.83. The molecule has 0 aliphatic heterocycles. The molecule has 0 bridgehead atoms. The van der Waals surface area contributed by atoms with Crippen molar-refractivity contribution >= 4 is 12.2 Å². The van der Waals surface area contributed by atoms with Gasteiger partial charge in [-0.15, -0.1) is 10.2 Å². The van der Waals surface area contributed by atoms with Crippen LogP contribution in [0.15, 0.2) is 54.7 Å². The molecule has 2 aromatic carbocycles. The van der Waals surface area contributed by atoms with Gasteiger partial charge in [0, 0.05) is 6.20 Å². The Morgan fingerprint density at radius 2 is 1.79 bits per heavy atom. The van der Waals surface area contributed by atoms with E-state index in [4.69, 9.17) is 17.5 Å². The van der Waals surface area contributed by atoms with E-state index in [0.717, 1.165) is 23.2 Å². The highest BCUT2D eigenvalue weighted by atomic mass is 32.1. The van der Waals surface area contributed by atoms with Gasteiger partial charge in [-0.25, -0.2) is 4.68 Å². The molecule has 0 spiro atoms. The van der Waals surface area contributed by atoms with E-state index in [9.17, 15) is 0 Å². The number of hydrogen-bond donors (Lipinski definition) is 1. The number of hydrogen-bond acceptors (Lipinski definition) is 5. The number of tetrazole rings is 1. The summed E-state index contributed by atoms with van der Waals surface area (Å²) in [5.41, 5.74) is 4.56. The predicted molar refractivity (Wildman–Crippen MR) is 107 cm³/mol. The molecule has 0 radical (unpaired) electrons. The van der Waals surface area contributed by atoms with Crippen LogP contribution in [0.5, 0.6) is 0 Å². The summed E-state index contributed by atoms with van der Waals surface area (Å²) in [5.74, 6) is 0.471. The molecular weight excluding hydrogens is 370 g/mol. The van der Waals surface area contributed by atoms with Crippen LogP contribution < -0.4 is 0 Å². The molecular formula is C20H17N7S. The highest BCUT2D eigenvalue weighted by Crippen LogP contribution is 2.19. The molecule has 4 aromatic rings. The number of H-pyrrole nitrogens is 1. The van der Waals surface area contributed by atoms with Gasteiger partial charge in [-0.05, 0) is 47.0 Å². The topological polar surface area (TPSA) is 88.1 Å². The van der Waals surface area contributed by atoms with Crippen LogP contribution in [-0.4, -0.2) is 30.0 Å². The Bertz CT molecular complexity index is 1190. The fourth-order valence-electron chi connectivity index (χ4n) is 2.87. The first kappa shape index (κ1) is 17.8. The maximum Gasteiger partial charge on any atom is 0.209 e. The Hall–Kier alpha value is -3.57. The third-order valence-electron chi connectivity index (χ3n) is 4.48. The zero-order chi connectivity index (χ0) is 19.5. The zero-order valence-corrected chi connectivity index (χ0v) is 16.0. The highest BCUT2D eigenvalue weighted by molar-refractivity contribution is 7.71. The van der Waals surface area contributed by atoms with Gasteiger partial charge >= 0.3 is 0 Å². The van der Waals surface area contributed by atoms with Gasteiger partial charge in [-0.2, -0.15) is 10.1 Å². The van der Waals surface area contributed by atoms with Crippen LogP contribution in [0.4, 0.5) is 0 Å². The minimum atomic E-state index is 0.467. The summed E-state index contributed by atoms with van der Waals surface area (Å²) in [7, 11) is 0. The van der Waals surface area contributed by atoms with Crippen LogP contribution in [0.25, 0.3) is 17.1 Å². The summed E-state index contributed by atoms with van der Waals surface area (Å²) in [4.78, 5) is 1.51. The van der Waals surface area contributed by atoms with Crippen LogP contribution in [0, 0.1) is 16.0 Å². The summed E-state index contributed by atoms with van der Waals surface area (Å²) >= 11 is 5.60. The molecule has 0 saturated carbocycles. The number of nitriles is 1. The predicted octanol–water partition coefficient (Wildman–Crippen LogP) is 3.67. The summed E-state index contributed by atoms with van der Waals surface area (Å²) < 4.78 is 2.42. The number of nitrogens with zero attached hydrogens (tertiary/aromatic N) is 6. The summed E-state index contributed by atoms with van der Waals surface area (Å²) in [6.07, 6.45) is 2.78. The summed E-state index contributed by atoms with van der Waals surface area (Å²) in [5, 5.41) is 24.7. The number of nitrogens with one attached hydrogen (secondary N) is 1. The number of benzene rings is 2. The van der Waals surface area contributed by atoms with Crippen molar-refractivity contribution < 1.29 is 0 Å². The lowest BCUT2D eigenvalue weighted by Crippen LogP contribution is -2.04. The van der Waals surface area contributed by atoms with Crippen molar-refractivity contribution in [1.82, 2.24) is 30.0 Å². The minimum absolute atomic E-state index is 0.467. The van der Waals surface area contributed by atoms with Gasteiger partial charge in [0.1, 0.15) is 4.64 Å². The zero-order valence-electron chi connectivity index (χ0n) is 15.2. The van der Waals surface area contributed by atoms with E-state index in [1.165, 1.54) is 10.4 Å². The van der Waals surface area contributed by atoms with Gasteiger partial charge in [0.15, 0.2) is 0 Å². The second kappa shape index (κ2) is 7.58. The fraction of sp³-hybridized carbons (Fsp3) is 0.150. The van der Waals surface area contributed by atoms with Crippen LogP contribution in [0.1, 0.15) is 23.6 Å². The smallest absolute Gasteiger partial charge is 0.209 e. The van der Waals surface area contributed by atoms with Gasteiger partial charge in [0.2, 0.25) is 5.82 Å². The summed E-state index contributed by atoms with van der Waals surface area (Å²) in [6, 6.07) is 17.6. The Morgan fingerprint density at radius 1 is 1.07 bits per heavy atom. The van der Waals surface area contributed by atoms with E-state index in [0.29, 0.717) is 22.6 Å². The standard InChI is InChI=1S/C20H17N7S/c1-2-14-7-9-17(10-8-14)27-20(28)18(12-22-27)19-23-25-26(24-19)13-16-5-3-15(11-21)4-6-16/h3-10,12,22H,2,13H2,1H3. The minimum Gasteiger partial charge on any atom is -0.299 e. The molecule has 8 heteroatoms. The van der Waals surface area contributed by atoms with Crippen LogP contribution in [0.3, 0.4) is 0 Å². The SMILES string of the molecule is CCc1ccc(-n2[nH]cc(-c3nnn(Cc4ccc(C#N)cc4)n3)c2=S)cc1. The fourth-order valence-corrected chi connectivity index (χ4v) is 3.18. The number of aromatic amines is 1. The summed E-state index contributed by atoms with van der Waals surface area (Å²) in [6.45, 7) is 2.59. The average molecular weight is 387 g/mol. The van der Waals surface area contributed by atoms with Crippen LogP contribution in [0.2, 0.25) is 0 Å². The quantitative estimate of drug-likeness (QED) is 0.528. The van der Waals surface area contributed by atoms with E-state index in [2.05, 4.69) is 45.6 Å². The molecule has 1 N–H and O–H groups in total. The van der Waals surface area contributed by atoms with Crippen LogP contribution >= 0.6 is 12.2 Å². The molecule has 0 unspecified atom stereocenters. The van der Waals surface area contributed by atoms with Crippen molar-refractivity contribution in [3.8, 4) is 23.1 Å². The maximum absolute atomic E-state index is 8.88. The van der Waals surface area contributed by atoms with Crippen molar-refractivity contribution in [1.29, 1.82) is 5.26 Å². The van der Waals surface area contributed by atoms with Gasteiger partial charge in [-0.3, -0.25) is 5.10 Å². The number of rotatable bonds is 5. The lowest BCUT2D eigenvalue weighted by molar-refractivity contribution is 0.573. The third-order valence-corrected chi connectivity index (χ3v) is 4.88. The maximum atomic E-state index is 8.88. The van der Waals surface area contributed by atoms with Crippen molar-refractivity contribution in [3.63, 3.8) is 0 Å².